The number of carbonyl (C=O) groups excluding carboxylic acids is 1. The highest BCUT2D eigenvalue weighted by Crippen LogP contribution is 2.36. The van der Waals surface area contributed by atoms with Gasteiger partial charge in [-0.05, 0) is 39.7 Å². The topological polar surface area (TPSA) is 136 Å². The van der Waals surface area contributed by atoms with Crippen LogP contribution >= 0.6 is 0 Å². The number of nitriles is 1. The predicted octanol–water partition coefficient (Wildman–Crippen LogP) is 1.44. The number of aromatic nitrogens is 3. The average molecular weight is 373 g/mol. The molecule has 2 aromatic rings. The second-order valence-corrected chi connectivity index (χ2v) is 7.80. The van der Waals surface area contributed by atoms with Crippen molar-refractivity contribution in [3.8, 4) is 6.07 Å². The molecule has 9 heteroatoms. The molecule has 1 aliphatic heterocycles. The lowest BCUT2D eigenvalue weighted by Crippen LogP contribution is -2.47. The summed E-state index contributed by atoms with van der Waals surface area (Å²) in [5, 5.41) is 14.0. The number of nitrogens with zero attached hydrogens (tertiary/aromatic N) is 3. The Morgan fingerprint density at radius 2 is 2.33 bits per heavy atom. The first-order valence-electron chi connectivity index (χ1n) is 8.75. The number of esters is 1. The van der Waals surface area contributed by atoms with Gasteiger partial charge >= 0.3 is 5.97 Å². The van der Waals surface area contributed by atoms with E-state index in [0.29, 0.717) is 18.4 Å². The van der Waals surface area contributed by atoms with Crippen molar-refractivity contribution < 1.29 is 14.3 Å². The van der Waals surface area contributed by atoms with Crippen LogP contribution in [0.4, 0.5) is 5.82 Å². The van der Waals surface area contributed by atoms with E-state index in [1.54, 1.807) is 31.5 Å². The van der Waals surface area contributed by atoms with E-state index < -0.39 is 23.2 Å². The molecular weight excluding hydrogens is 350 g/mol. The molecule has 0 aromatic carbocycles. The highest BCUT2D eigenvalue weighted by Gasteiger charge is 2.43. The van der Waals surface area contributed by atoms with Crippen molar-refractivity contribution in [2.45, 2.75) is 57.3 Å². The van der Waals surface area contributed by atoms with E-state index in [4.69, 9.17) is 15.2 Å². The van der Waals surface area contributed by atoms with Crippen LogP contribution < -0.4 is 11.3 Å². The van der Waals surface area contributed by atoms with Crippen LogP contribution in [-0.2, 0) is 19.8 Å². The number of hydrogen-bond donors (Lipinski definition) is 2. The molecule has 0 radical (unpaired) electrons. The van der Waals surface area contributed by atoms with E-state index in [0.717, 1.165) is 0 Å². The molecule has 144 valence electrons. The number of H-pyrrole nitrogens is 1. The van der Waals surface area contributed by atoms with Gasteiger partial charge < -0.3 is 20.2 Å². The maximum Gasteiger partial charge on any atom is 0.335 e. The normalized spacial score (nSPS) is 23.1. The zero-order valence-corrected chi connectivity index (χ0v) is 15.6. The molecule has 3 rings (SSSR count). The monoisotopic (exact) mass is 373 g/mol. The van der Waals surface area contributed by atoms with Crippen molar-refractivity contribution in [3.63, 3.8) is 0 Å². The second kappa shape index (κ2) is 6.70. The number of anilines is 1. The van der Waals surface area contributed by atoms with E-state index in [1.165, 1.54) is 6.20 Å². The van der Waals surface area contributed by atoms with Crippen LogP contribution in [0.3, 0.4) is 0 Å². The number of rotatable bonds is 3. The third kappa shape index (κ3) is 3.53. The fourth-order valence-corrected chi connectivity index (χ4v) is 3.36. The number of nitrogen functional groups attached to an aromatic ring is 1. The molecule has 0 saturated carbocycles. The van der Waals surface area contributed by atoms with Crippen LogP contribution in [0.1, 0.15) is 40.0 Å². The quantitative estimate of drug-likeness (QED) is 0.777. The highest BCUT2D eigenvalue weighted by molar-refractivity contribution is 5.88. The molecule has 3 heterocycles. The number of ether oxygens (including phenoxy) is 2. The van der Waals surface area contributed by atoms with Crippen molar-refractivity contribution in [1.29, 1.82) is 5.26 Å². The molecule has 2 aromatic heterocycles. The SMILES string of the molecule is CC(C)(C)OC(=O)C1CCC(CC#N)(n2nc(N)c3c(=O)[nH]ccc32)CO1. The van der Waals surface area contributed by atoms with Gasteiger partial charge in [0.25, 0.3) is 5.56 Å². The highest BCUT2D eigenvalue weighted by atomic mass is 16.6. The lowest BCUT2D eigenvalue weighted by Gasteiger charge is -2.39. The number of fused-ring (bicyclic) bond motifs is 1. The summed E-state index contributed by atoms with van der Waals surface area (Å²) in [6, 6.07) is 3.86. The van der Waals surface area contributed by atoms with Crippen molar-refractivity contribution in [1.82, 2.24) is 14.8 Å². The third-order valence-electron chi connectivity index (χ3n) is 4.58. The summed E-state index contributed by atoms with van der Waals surface area (Å²) in [6.45, 7) is 5.48. The number of nitrogens with two attached hydrogens (primary N) is 1. The molecule has 0 amide bonds. The minimum Gasteiger partial charge on any atom is -0.458 e. The molecule has 0 bridgehead atoms. The van der Waals surface area contributed by atoms with E-state index in [9.17, 15) is 14.9 Å². The molecule has 3 N–H and O–H groups in total. The smallest absolute Gasteiger partial charge is 0.335 e. The standard InChI is InChI=1S/C18H23N5O4/c1-17(2,3)27-16(25)12-4-6-18(7-8-19,10-26-12)23-11-5-9-21-15(24)13(11)14(20)22-23/h5,9,12H,4,6-7,10H2,1-3H3,(H2,20,22)(H,21,24). The Hall–Kier alpha value is -2.86. The van der Waals surface area contributed by atoms with E-state index in [1.807, 2.05) is 0 Å². The fraction of sp³-hybridized carbons (Fsp3) is 0.556. The minimum atomic E-state index is -0.809. The fourth-order valence-electron chi connectivity index (χ4n) is 3.36. The van der Waals surface area contributed by atoms with Crippen LogP contribution in [0.25, 0.3) is 10.9 Å². The summed E-state index contributed by atoms with van der Waals surface area (Å²) >= 11 is 0. The number of pyridine rings is 1. The Bertz CT molecular complexity index is 955. The lowest BCUT2D eigenvalue weighted by atomic mass is 9.87. The molecule has 9 nitrogen and oxygen atoms in total. The van der Waals surface area contributed by atoms with Gasteiger partial charge in [-0.2, -0.15) is 10.4 Å². The summed E-state index contributed by atoms with van der Waals surface area (Å²) in [4.78, 5) is 26.9. The third-order valence-corrected chi connectivity index (χ3v) is 4.58. The number of aromatic amines is 1. The van der Waals surface area contributed by atoms with Gasteiger partial charge in [0.15, 0.2) is 11.9 Å². The summed E-state index contributed by atoms with van der Waals surface area (Å²) in [7, 11) is 0. The van der Waals surface area contributed by atoms with Crippen LogP contribution in [0, 0.1) is 11.3 Å². The molecule has 0 spiro atoms. The van der Waals surface area contributed by atoms with Gasteiger partial charge in [0.2, 0.25) is 0 Å². The number of nitrogens with one attached hydrogen (secondary N) is 1. The second-order valence-electron chi connectivity index (χ2n) is 7.80. The minimum absolute atomic E-state index is 0.0908. The summed E-state index contributed by atoms with van der Waals surface area (Å²) in [5.41, 5.74) is 4.72. The molecule has 1 saturated heterocycles. The van der Waals surface area contributed by atoms with Gasteiger partial charge in [0, 0.05) is 6.20 Å². The number of hydrogen-bond acceptors (Lipinski definition) is 7. The molecule has 27 heavy (non-hydrogen) atoms. The van der Waals surface area contributed by atoms with Gasteiger partial charge in [-0.3, -0.25) is 9.48 Å². The molecule has 0 aliphatic carbocycles. The zero-order chi connectivity index (χ0) is 19.8. The molecular formula is C18H23N5O4. The first-order chi connectivity index (χ1) is 12.7. The van der Waals surface area contributed by atoms with Crippen molar-refractivity contribution in [2.75, 3.05) is 12.3 Å². The van der Waals surface area contributed by atoms with E-state index in [2.05, 4.69) is 16.2 Å². The van der Waals surface area contributed by atoms with Crippen molar-refractivity contribution in [3.05, 3.63) is 22.6 Å². The predicted molar refractivity (Wildman–Crippen MR) is 97.8 cm³/mol. The Morgan fingerprint density at radius 3 is 2.93 bits per heavy atom. The van der Waals surface area contributed by atoms with E-state index in [-0.39, 0.29) is 29.8 Å². The van der Waals surface area contributed by atoms with Crippen LogP contribution in [-0.4, -0.2) is 39.0 Å². The number of carbonyl (C=O) groups is 1. The van der Waals surface area contributed by atoms with Crippen molar-refractivity contribution >= 4 is 22.7 Å². The first-order valence-corrected chi connectivity index (χ1v) is 8.75. The van der Waals surface area contributed by atoms with Crippen molar-refractivity contribution in [2.24, 2.45) is 0 Å². The molecule has 1 fully saturated rings. The lowest BCUT2D eigenvalue weighted by molar-refractivity contribution is -0.176. The summed E-state index contributed by atoms with van der Waals surface area (Å²) in [5.74, 6) is -0.326. The van der Waals surface area contributed by atoms with E-state index >= 15 is 0 Å². The Labute approximate surface area is 156 Å². The molecule has 2 atom stereocenters. The maximum absolute atomic E-state index is 12.3. The average Bonchev–Trinajstić information content (AvgIpc) is 2.93. The first kappa shape index (κ1) is 18.9. The van der Waals surface area contributed by atoms with Crippen LogP contribution in [0.5, 0.6) is 0 Å². The van der Waals surface area contributed by atoms with Gasteiger partial charge in [0.1, 0.15) is 11.0 Å². The molecule has 1 aliphatic rings. The Balaban J connectivity index is 1.92. The Morgan fingerprint density at radius 1 is 1.59 bits per heavy atom. The largest absolute Gasteiger partial charge is 0.458 e. The zero-order valence-electron chi connectivity index (χ0n) is 15.6. The van der Waals surface area contributed by atoms with Crippen LogP contribution in [0.15, 0.2) is 17.1 Å². The van der Waals surface area contributed by atoms with Gasteiger partial charge in [0.05, 0.1) is 30.2 Å². The van der Waals surface area contributed by atoms with Gasteiger partial charge in [-0.25, -0.2) is 4.79 Å². The molecule has 2 unspecified atom stereocenters. The maximum atomic E-state index is 12.3. The van der Waals surface area contributed by atoms with Gasteiger partial charge in [-0.1, -0.05) is 0 Å². The van der Waals surface area contributed by atoms with Gasteiger partial charge in [-0.15, -0.1) is 0 Å². The summed E-state index contributed by atoms with van der Waals surface area (Å²) in [6.07, 6.45) is 1.76. The Kier molecular flexibility index (Phi) is 4.70. The van der Waals surface area contributed by atoms with Crippen LogP contribution in [0.2, 0.25) is 0 Å². The summed E-state index contributed by atoms with van der Waals surface area (Å²) < 4.78 is 12.8.